The van der Waals surface area contributed by atoms with Crippen LogP contribution in [0, 0.1) is 0 Å². The molecule has 0 amide bonds. The van der Waals surface area contributed by atoms with Crippen LogP contribution in [-0.2, 0) is 26.3 Å². The molecule has 0 aliphatic carbocycles. The highest BCUT2D eigenvalue weighted by molar-refractivity contribution is 7.91. The monoisotopic (exact) mass is 387 g/mol. The summed E-state index contributed by atoms with van der Waals surface area (Å²) >= 11 is 0. The van der Waals surface area contributed by atoms with Gasteiger partial charge in [0.1, 0.15) is 15.6 Å². The van der Waals surface area contributed by atoms with Crippen molar-refractivity contribution in [1.29, 1.82) is 0 Å². The maximum absolute atomic E-state index is 12.9. The van der Waals surface area contributed by atoms with Crippen LogP contribution in [0.25, 0.3) is 0 Å². The van der Waals surface area contributed by atoms with Crippen LogP contribution in [-0.4, -0.2) is 57.6 Å². The van der Waals surface area contributed by atoms with Crippen molar-refractivity contribution in [2.75, 3.05) is 19.1 Å². The molecule has 3 rings (SSSR count). The molecule has 0 saturated carbocycles. The summed E-state index contributed by atoms with van der Waals surface area (Å²) in [5.74, 6) is 0.795. The maximum Gasteiger partial charge on any atom is 0.214 e. The predicted octanol–water partition coefficient (Wildman–Crippen LogP) is 1.61. The minimum Gasteiger partial charge on any atom is -0.497 e. The maximum atomic E-state index is 12.9. The molecule has 2 fully saturated rings. The highest BCUT2D eigenvalue weighted by Gasteiger charge is 2.48. The lowest BCUT2D eigenvalue weighted by Crippen LogP contribution is -2.50. The summed E-state index contributed by atoms with van der Waals surface area (Å²) in [4.78, 5) is 0. The van der Waals surface area contributed by atoms with Crippen molar-refractivity contribution in [3.63, 3.8) is 0 Å². The Morgan fingerprint density at radius 2 is 1.60 bits per heavy atom. The molecule has 2 saturated heterocycles. The average molecular weight is 388 g/mol. The topological polar surface area (TPSA) is 80.8 Å². The average Bonchev–Trinajstić information content (AvgIpc) is 2.84. The van der Waals surface area contributed by atoms with E-state index in [2.05, 4.69) is 0 Å². The van der Waals surface area contributed by atoms with Gasteiger partial charge >= 0.3 is 0 Å². The van der Waals surface area contributed by atoms with Crippen LogP contribution in [0.5, 0.6) is 5.75 Å². The number of benzene rings is 1. The zero-order valence-electron chi connectivity index (χ0n) is 14.6. The minimum atomic E-state index is -3.39. The Hall–Kier alpha value is -1.12. The van der Waals surface area contributed by atoms with Gasteiger partial charge in [0.25, 0.3) is 0 Å². The largest absolute Gasteiger partial charge is 0.497 e. The Morgan fingerprint density at radius 1 is 1.04 bits per heavy atom. The fraction of sp³-hybridized carbons (Fsp3) is 0.647. The number of hydrogen-bond donors (Lipinski definition) is 0. The van der Waals surface area contributed by atoms with E-state index in [1.54, 1.807) is 11.4 Å². The van der Waals surface area contributed by atoms with Crippen LogP contribution in [0.2, 0.25) is 0 Å². The molecule has 2 atom stereocenters. The summed E-state index contributed by atoms with van der Waals surface area (Å²) in [6.45, 7) is 0. The zero-order valence-corrected chi connectivity index (χ0v) is 16.2. The lowest BCUT2D eigenvalue weighted by Gasteiger charge is -2.37. The van der Waals surface area contributed by atoms with Crippen LogP contribution in [0.1, 0.15) is 31.2 Å². The lowest BCUT2D eigenvalue weighted by atomic mass is 10.1. The van der Waals surface area contributed by atoms with Crippen molar-refractivity contribution in [2.24, 2.45) is 0 Å². The van der Waals surface area contributed by atoms with Gasteiger partial charge in [-0.2, -0.15) is 4.31 Å². The second-order valence-corrected chi connectivity index (χ2v) is 11.4. The molecule has 8 heteroatoms. The van der Waals surface area contributed by atoms with Crippen LogP contribution >= 0.6 is 0 Å². The number of sulfonamides is 1. The Balaban J connectivity index is 1.68. The molecule has 25 heavy (non-hydrogen) atoms. The van der Waals surface area contributed by atoms with E-state index in [1.165, 1.54) is 6.26 Å². The van der Waals surface area contributed by atoms with E-state index >= 15 is 0 Å². The van der Waals surface area contributed by atoms with Crippen LogP contribution in [0.15, 0.2) is 24.3 Å². The standard InChI is InChI=1S/C17H25NO5S2/c1-23-16-7-3-13(4-8-16)9-10-25(21,22)18-14-5-6-15(18)12-17(11-14)24(2,19)20/h3-4,7-8,14-15,17H,5-6,9-12H2,1-2H3. The molecule has 1 aromatic carbocycles. The second kappa shape index (κ2) is 6.89. The van der Waals surface area contributed by atoms with Gasteiger partial charge in [0, 0.05) is 18.3 Å². The lowest BCUT2D eigenvalue weighted by molar-refractivity contribution is 0.249. The van der Waals surface area contributed by atoms with Gasteiger partial charge in [-0.15, -0.1) is 0 Å². The van der Waals surface area contributed by atoms with Gasteiger partial charge in [-0.1, -0.05) is 12.1 Å². The molecule has 2 aliphatic heterocycles. The van der Waals surface area contributed by atoms with Gasteiger partial charge in [0.15, 0.2) is 0 Å². The van der Waals surface area contributed by atoms with Crippen LogP contribution in [0.3, 0.4) is 0 Å². The highest BCUT2D eigenvalue weighted by atomic mass is 32.2. The molecule has 2 aliphatic rings. The Bertz CT molecular complexity index is 803. The fourth-order valence-corrected chi connectivity index (χ4v) is 7.17. The van der Waals surface area contributed by atoms with Crippen LogP contribution < -0.4 is 4.74 Å². The summed E-state index contributed by atoms with van der Waals surface area (Å²) < 4.78 is 56.1. The van der Waals surface area contributed by atoms with Gasteiger partial charge in [-0.05, 0) is 49.8 Å². The van der Waals surface area contributed by atoms with E-state index in [0.29, 0.717) is 19.3 Å². The Labute approximate surface area is 150 Å². The number of sulfone groups is 1. The summed E-state index contributed by atoms with van der Waals surface area (Å²) in [6.07, 6.45) is 4.08. The second-order valence-electron chi connectivity index (χ2n) is 7.05. The van der Waals surface area contributed by atoms with E-state index in [-0.39, 0.29) is 17.8 Å². The number of piperidine rings is 1. The van der Waals surface area contributed by atoms with Gasteiger partial charge in [-0.3, -0.25) is 0 Å². The van der Waals surface area contributed by atoms with E-state index < -0.39 is 25.1 Å². The third-order valence-corrected chi connectivity index (χ3v) is 8.91. The molecule has 0 radical (unpaired) electrons. The first-order chi connectivity index (χ1) is 11.7. The van der Waals surface area contributed by atoms with Crippen molar-refractivity contribution in [2.45, 2.75) is 49.4 Å². The Kier molecular flexibility index (Phi) is 5.14. The van der Waals surface area contributed by atoms with Gasteiger partial charge in [-0.25, -0.2) is 16.8 Å². The molecule has 0 N–H and O–H groups in total. The first kappa shape index (κ1) is 18.7. The number of rotatable bonds is 6. The van der Waals surface area contributed by atoms with Gasteiger partial charge in [0.05, 0.1) is 18.1 Å². The Morgan fingerprint density at radius 3 is 2.08 bits per heavy atom. The number of nitrogens with zero attached hydrogens (tertiary/aromatic N) is 1. The first-order valence-electron chi connectivity index (χ1n) is 8.54. The molecule has 2 heterocycles. The number of ether oxygens (including phenoxy) is 1. The zero-order chi connectivity index (χ0) is 18.2. The molecule has 0 spiro atoms. The van der Waals surface area contributed by atoms with E-state index in [9.17, 15) is 16.8 Å². The van der Waals surface area contributed by atoms with Crippen molar-refractivity contribution in [3.8, 4) is 5.75 Å². The summed E-state index contributed by atoms with van der Waals surface area (Å²) in [5.41, 5.74) is 0.947. The summed E-state index contributed by atoms with van der Waals surface area (Å²) in [7, 11) is -4.92. The van der Waals surface area contributed by atoms with E-state index in [0.717, 1.165) is 24.2 Å². The molecular formula is C17H25NO5S2. The van der Waals surface area contributed by atoms with Gasteiger partial charge < -0.3 is 4.74 Å². The third-order valence-electron chi connectivity index (χ3n) is 5.36. The number of hydrogen-bond acceptors (Lipinski definition) is 5. The molecule has 140 valence electrons. The minimum absolute atomic E-state index is 0.0515. The van der Waals surface area contributed by atoms with Crippen molar-refractivity contribution >= 4 is 19.9 Å². The molecule has 0 aromatic heterocycles. The number of methoxy groups -OCH3 is 1. The molecular weight excluding hydrogens is 362 g/mol. The number of fused-ring (bicyclic) bond motifs is 2. The smallest absolute Gasteiger partial charge is 0.214 e. The van der Waals surface area contributed by atoms with Gasteiger partial charge in [0.2, 0.25) is 10.0 Å². The normalized spacial score (nSPS) is 27.4. The quantitative estimate of drug-likeness (QED) is 0.741. The molecule has 2 bridgehead atoms. The molecule has 1 aromatic rings. The van der Waals surface area contributed by atoms with E-state index in [4.69, 9.17) is 4.74 Å². The first-order valence-corrected chi connectivity index (χ1v) is 12.1. The van der Waals surface area contributed by atoms with Crippen molar-refractivity contribution in [3.05, 3.63) is 29.8 Å². The summed E-state index contributed by atoms with van der Waals surface area (Å²) in [5, 5.41) is -0.405. The van der Waals surface area contributed by atoms with E-state index in [1.807, 2.05) is 24.3 Å². The van der Waals surface area contributed by atoms with Crippen molar-refractivity contribution < 1.29 is 21.6 Å². The summed E-state index contributed by atoms with van der Waals surface area (Å²) in [6, 6.07) is 7.06. The fourth-order valence-electron chi connectivity index (χ4n) is 4.03. The van der Waals surface area contributed by atoms with Crippen molar-refractivity contribution in [1.82, 2.24) is 4.31 Å². The highest BCUT2D eigenvalue weighted by Crippen LogP contribution is 2.40. The number of aryl methyl sites for hydroxylation is 1. The SMILES string of the molecule is COc1ccc(CCS(=O)(=O)N2C3CCC2CC(S(C)(=O)=O)C3)cc1. The molecule has 2 unspecified atom stereocenters. The third kappa shape index (κ3) is 4.01. The molecule has 6 nitrogen and oxygen atoms in total. The van der Waals surface area contributed by atoms with Crippen LogP contribution in [0.4, 0.5) is 0 Å². The predicted molar refractivity (Wildman–Crippen MR) is 97.0 cm³/mol.